The number of imidazole rings is 1. The maximum absolute atomic E-state index is 12.2. The number of fused-ring (bicyclic) bond motifs is 1. The summed E-state index contributed by atoms with van der Waals surface area (Å²) in [5.74, 6) is 1.18. The molecule has 212 valence electrons. The zero-order valence-electron chi connectivity index (χ0n) is 23.7. The Bertz CT molecular complexity index is 1660. The fraction of sp³-hybridized carbons (Fsp3) is 0.235. The predicted octanol–water partition coefficient (Wildman–Crippen LogP) is 6.45. The number of carbonyl (C=O) groups is 1. The number of aromatic nitrogens is 4. The highest BCUT2D eigenvalue weighted by molar-refractivity contribution is 5.88. The van der Waals surface area contributed by atoms with Crippen LogP contribution in [0.1, 0.15) is 48.9 Å². The number of carbonyl (C=O) groups excluding carboxylic acids is 1. The number of rotatable bonds is 9. The summed E-state index contributed by atoms with van der Waals surface area (Å²) < 4.78 is 12.8. The second-order valence-electron chi connectivity index (χ2n) is 10.3. The van der Waals surface area contributed by atoms with Crippen molar-refractivity contribution in [1.29, 1.82) is 0 Å². The Labute approximate surface area is 245 Å². The minimum Gasteiger partial charge on any atom is -0.497 e. The Morgan fingerprint density at radius 3 is 2.19 bits per heavy atom. The molecule has 42 heavy (non-hydrogen) atoms. The molecule has 1 aliphatic carbocycles. The maximum Gasteiger partial charge on any atom is 0.333 e. The first-order valence-corrected chi connectivity index (χ1v) is 14.2. The summed E-state index contributed by atoms with van der Waals surface area (Å²) in [6.45, 7) is 2.20. The lowest BCUT2D eigenvalue weighted by Crippen LogP contribution is -2.38. The van der Waals surface area contributed by atoms with E-state index in [4.69, 9.17) is 19.4 Å². The van der Waals surface area contributed by atoms with Crippen molar-refractivity contribution >= 4 is 23.0 Å². The normalized spacial score (nSPS) is 15.2. The number of anilines is 1. The van der Waals surface area contributed by atoms with Gasteiger partial charge in [-0.05, 0) is 55.0 Å². The van der Waals surface area contributed by atoms with Gasteiger partial charge in [-0.15, -0.1) is 0 Å². The Morgan fingerprint density at radius 1 is 0.929 bits per heavy atom. The molecule has 0 amide bonds. The smallest absolute Gasteiger partial charge is 0.333 e. The number of ether oxygens (including phenoxy) is 2. The molecule has 1 aliphatic rings. The van der Waals surface area contributed by atoms with Crippen LogP contribution in [0.3, 0.4) is 0 Å². The molecule has 0 radical (unpaired) electrons. The molecule has 2 heterocycles. The van der Waals surface area contributed by atoms with Gasteiger partial charge < -0.3 is 19.4 Å². The van der Waals surface area contributed by atoms with Crippen LogP contribution in [0.15, 0.2) is 109 Å². The first-order valence-electron chi connectivity index (χ1n) is 14.2. The standard InChI is InChI=1S/C34H33N5O3/c1-3-42-33(40)24-14-18-28(19-15-24)39-23-37-30-31(35-22-36-32(30)39)38-34(25-10-6-4-7-11-25,26-12-8-5-9-13-26)27-16-20-29(41-2)21-17-27/h4-14,16-17,20-23,28H,3,15,18-19H2,1-2H3,(H,35,36,38). The monoisotopic (exact) mass is 559 g/mol. The van der Waals surface area contributed by atoms with Gasteiger partial charge in [0.2, 0.25) is 0 Å². The number of hydrogen-bond acceptors (Lipinski definition) is 7. The minimum atomic E-state index is -0.790. The average Bonchev–Trinajstić information content (AvgIpc) is 3.50. The van der Waals surface area contributed by atoms with Gasteiger partial charge in [0, 0.05) is 11.6 Å². The first-order chi connectivity index (χ1) is 20.6. The van der Waals surface area contributed by atoms with Crippen LogP contribution in [0.4, 0.5) is 5.82 Å². The highest BCUT2D eigenvalue weighted by atomic mass is 16.5. The van der Waals surface area contributed by atoms with Crippen LogP contribution >= 0.6 is 0 Å². The number of hydrogen-bond donors (Lipinski definition) is 1. The maximum atomic E-state index is 12.2. The van der Waals surface area contributed by atoms with Gasteiger partial charge in [0.25, 0.3) is 0 Å². The topological polar surface area (TPSA) is 91.2 Å². The Balaban J connectivity index is 1.45. The van der Waals surface area contributed by atoms with Crippen molar-refractivity contribution in [3.05, 3.63) is 126 Å². The van der Waals surface area contributed by atoms with Gasteiger partial charge in [-0.2, -0.15) is 0 Å². The van der Waals surface area contributed by atoms with Gasteiger partial charge in [0.05, 0.1) is 20.0 Å². The Kier molecular flexibility index (Phi) is 7.68. The van der Waals surface area contributed by atoms with E-state index in [-0.39, 0.29) is 12.0 Å². The van der Waals surface area contributed by atoms with E-state index in [1.54, 1.807) is 13.4 Å². The van der Waals surface area contributed by atoms with Crippen molar-refractivity contribution in [1.82, 2.24) is 19.5 Å². The van der Waals surface area contributed by atoms with Gasteiger partial charge in [0.1, 0.15) is 23.1 Å². The summed E-state index contributed by atoms with van der Waals surface area (Å²) in [4.78, 5) is 26.4. The number of benzene rings is 3. The quantitative estimate of drug-likeness (QED) is 0.164. The summed E-state index contributed by atoms with van der Waals surface area (Å²) in [6, 6.07) is 28.9. The summed E-state index contributed by atoms with van der Waals surface area (Å²) in [5.41, 5.74) is 4.51. The molecule has 6 rings (SSSR count). The lowest BCUT2D eigenvalue weighted by molar-refractivity contribution is -0.138. The van der Waals surface area contributed by atoms with E-state index in [1.807, 2.05) is 67.9 Å². The van der Waals surface area contributed by atoms with Crippen molar-refractivity contribution in [3.8, 4) is 5.75 Å². The van der Waals surface area contributed by atoms with E-state index in [1.165, 1.54) is 0 Å². The number of allylic oxidation sites excluding steroid dienone is 1. The predicted molar refractivity (Wildman–Crippen MR) is 162 cm³/mol. The minimum absolute atomic E-state index is 0.130. The van der Waals surface area contributed by atoms with Gasteiger partial charge >= 0.3 is 5.97 Å². The molecule has 2 aromatic heterocycles. The van der Waals surface area contributed by atoms with E-state index in [0.717, 1.165) is 40.1 Å². The molecule has 0 saturated carbocycles. The van der Waals surface area contributed by atoms with Crippen molar-refractivity contribution in [2.45, 2.75) is 37.8 Å². The third kappa shape index (κ3) is 5.00. The van der Waals surface area contributed by atoms with E-state index >= 15 is 0 Å². The largest absolute Gasteiger partial charge is 0.497 e. The van der Waals surface area contributed by atoms with Gasteiger partial charge in [-0.1, -0.05) is 78.9 Å². The zero-order chi connectivity index (χ0) is 28.9. The van der Waals surface area contributed by atoms with E-state index < -0.39 is 5.54 Å². The molecule has 8 heteroatoms. The van der Waals surface area contributed by atoms with E-state index in [9.17, 15) is 4.79 Å². The second kappa shape index (κ2) is 11.9. The third-order valence-electron chi connectivity index (χ3n) is 7.92. The van der Waals surface area contributed by atoms with Crippen LogP contribution in [0.2, 0.25) is 0 Å². The van der Waals surface area contributed by atoms with Crippen molar-refractivity contribution in [2.24, 2.45) is 0 Å². The molecular formula is C34H33N5O3. The molecular weight excluding hydrogens is 526 g/mol. The molecule has 3 aromatic carbocycles. The molecule has 1 N–H and O–H groups in total. The molecule has 8 nitrogen and oxygen atoms in total. The molecule has 0 aliphatic heterocycles. The summed E-state index contributed by atoms with van der Waals surface area (Å²) in [7, 11) is 1.67. The highest BCUT2D eigenvalue weighted by Gasteiger charge is 2.38. The van der Waals surface area contributed by atoms with Crippen LogP contribution in [0, 0.1) is 0 Å². The molecule has 0 saturated heterocycles. The van der Waals surface area contributed by atoms with Gasteiger partial charge in [-0.25, -0.2) is 19.7 Å². The lowest BCUT2D eigenvalue weighted by Gasteiger charge is -2.37. The Hall–Kier alpha value is -4.98. The SMILES string of the molecule is CCOC(=O)C1=CCC(n2cnc3c(NC(c4ccccc4)(c4ccccc4)c4ccc(OC)cc4)ncnc32)CC1. The van der Waals surface area contributed by atoms with Gasteiger partial charge in [0.15, 0.2) is 11.5 Å². The van der Waals surface area contributed by atoms with E-state index in [2.05, 4.69) is 51.3 Å². The molecule has 0 spiro atoms. The average molecular weight is 560 g/mol. The number of esters is 1. The fourth-order valence-electron chi connectivity index (χ4n) is 5.80. The van der Waals surface area contributed by atoms with Crippen LogP contribution in [-0.2, 0) is 15.1 Å². The lowest BCUT2D eigenvalue weighted by atomic mass is 9.77. The van der Waals surface area contributed by atoms with E-state index in [0.29, 0.717) is 30.8 Å². The van der Waals surface area contributed by atoms with Crippen LogP contribution in [-0.4, -0.2) is 39.2 Å². The van der Waals surface area contributed by atoms with Crippen LogP contribution in [0.5, 0.6) is 5.75 Å². The molecule has 0 bridgehead atoms. The summed E-state index contributed by atoms with van der Waals surface area (Å²) in [5, 5.41) is 3.83. The zero-order valence-corrected chi connectivity index (χ0v) is 23.7. The van der Waals surface area contributed by atoms with Crippen molar-refractivity contribution in [3.63, 3.8) is 0 Å². The van der Waals surface area contributed by atoms with Crippen LogP contribution in [0.25, 0.3) is 11.2 Å². The van der Waals surface area contributed by atoms with Crippen LogP contribution < -0.4 is 10.1 Å². The molecule has 1 atom stereocenters. The molecule has 5 aromatic rings. The fourth-order valence-corrected chi connectivity index (χ4v) is 5.80. The highest BCUT2D eigenvalue weighted by Crippen LogP contribution is 2.41. The molecule has 0 fully saturated rings. The second-order valence-corrected chi connectivity index (χ2v) is 10.3. The molecule has 1 unspecified atom stereocenters. The summed E-state index contributed by atoms with van der Waals surface area (Å²) in [6.07, 6.45) is 7.56. The van der Waals surface area contributed by atoms with Gasteiger partial charge in [-0.3, -0.25) is 0 Å². The first kappa shape index (κ1) is 27.2. The van der Waals surface area contributed by atoms with Crippen molar-refractivity contribution < 1.29 is 14.3 Å². The Morgan fingerprint density at radius 2 is 1.60 bits per heavy atom. The number of nitrogens with zero attached hydrogens (tertiary/aromatic N) is 4. The van der Waals surface area contributed by atoms with Crippen molar-refractivity contribution in [2.75, 3.05) is 19.0 Å². The number of methoxy groups -OCH3 is 1. The third-order valence-corrected chi connectivity index (χ3v) is 7.92. The number of nitrogens with one attached hydrogen (secondary N) is 1. The summed E-state index contributed by atoms with van der Waals surface area (Å²) >= 11 is 0.